The molecule has 0 radical (unpaired) electrons. The number of rotatable bonds is 5. The summed E-state index contributed by atoms with van der Waals surface area (Å²) in [5.74, 6) is -0.808. The maximum atomic E-state index is 10.9. The molecule has 3 heteroatoms. The highest BCUT2D eigenvalue weighted by Gasteiger charge is 2.24. The molecule has 1 saturated heterocycles. The molecule has 1 rings (SSSR count). The molecule has 0 aliphatic carbocycles. The molecule has 0 aromatic rings. The lowest BCUT2D eigenvalue weighted by Crippen LogP contribution is -2.37. The van der Waals surface area contributed by atoms with E-state index in [4.69, 9.17) is 5.11 Å². The zero-order valence-corrected chi connectivity index (χ0v) is 11.4. The van der Waals surface area contributed by atoms with E-state index >= 15 is 0 Å². The van der Waals surface area contributed by atoms with E-state index in [1.807, 2.05) is 19.1 Å². The first-order chi connectivity index (χ1) is 8.58. The van der Waals surface area contributed by atoms with Crippen molar-refractivity contribution >= 4 is 5.97 Å². The number of hydrogen-bond acceptors (Lipinski definition) is 2. The predicted octanol–water partition coefficient (Wildman–Crippen LogP) is 2.86. The summed E-state index contributed by atoms with van der Waals surface area (Å²) in [6.45, 7) is 10.5. The molecule has 0 amide bonds. The fourth-order valence-electron chi connectivity index (χ4n) is 2.22. The van der Waals surface area contributed by atoms with Crippen LogP contribution >= 0.6 is 0 Å². The topological polar surface area (TPSA) is 40.5 Å². The molecule has 3 nitrogen and oxygen atoms in total. The molecule has 0 unspecified atom stereocenters. The number of piperidine rings is 1. The molecule has 1 aliphatic rings. The van der Waals surface area contributed by atoms with Gasteiger partial charge in [0.15, 0.2) is 0 Å². The van der Waals surface area contributed by atoms with Gasteiger partial charge in [0.25, 0.3) is 0 Å². The van der Waals surface area contributed by atoms with Crippen LogP contribution in [0.25, 0.3) is 0 Å². The first-order valence-electron chi connectivity index (χ1n) is 6.48. The summed E-state index contributed by atoms with van der Waals surface area (Å²) >= 11 is 0. The first kappa shape index (κ1) is 14.7. The predicted molar refractivity (Wildman–Crippen MR) is 74.5 cm³/mol. The van der Waals surface area contributed by atoms with Crippen LogP contribution < -0.4 is 0 Å². The number of nitrogens with zero attached hydrogens (tertiary/aromatic N) is 1. The average Bonchev–Trinajstić information content (AvgIpc) is 2.38. The molecule has 1 N–H and O–H groups in total. The Balaban J connectivity index is 2.56. The molecule has 1 aliphatic heterocycles. The maximum Gasteiger partial charge on any atom is 0.306 e. The number of allylic oxidation sites excluding steroid dienone is 3. The van der Waals surface area contributed by atoms with Crippen LogP contribution in [0.4, 0.5) is 0 Å². The number of likely N-dealkylation sites (tertiary alicyclic amines) is 1. The molecule has 1 heterocycles. The summed E-state index contributed by atoms with van der Waals surface area (Å²) in [4.78, 5) is 13.2. The van der Waals surface area contributed by atoms with E-state index in [0.29, 0.717) is 0 Å². The Bertz CT molecular complexity index is 361. The van der Waals surface area contributed by atoms with Gasteiger partial charge in [-0.2, -0.15) is 0 Å². The Labute approximate surface area is 109 Å². The van der Waals surface area contributed by atoms with Gasteiger partial charge in [0.1, 0.15) is 0 Å². The molecule has 0 aromatic carbocycles. The highest BCUT2D eigenvalue weighted by Crippen LogP contribution is 2.20. The van der Waals surface area contributed by atoms with E-state index in [-0.39, 0.29) is 5.92 Å². The lowest BCUT2D eigenvalue weighted by Gasteiger charge is -2.30. The standard InChI is InChI=1S/C15H23NO2/c1-4-6-14(12(3)5-2)11-16-9-7-13(8-10-16)15(17)18/h4-6,13H,1,7-11H2,2-3H3,(H,17,18)/b12-5-,14-6-. The smallest absolute Gasteiger partial charge is 0.306 e. The largest absolute Gasteiger partial charge is 0.481 e. The van der Waals surface area contributed by atoms with Gasteiger partial charge in [-0.15, -0.1) is 0 Å². The minimum Gasteiger partial charge on any atom is -0.481 e. The quantitative estimate of drug-likeness (QED) is 0.762. The van der Waals surface area contributed by atoms with Gasteiger partial charge >= 0.3 is 5.97 Å². The third kappa shape index (κ3) is 4.15. The van der Waals surface area contributed by atoms with Crippen molar-refractivity contribution in [3.05, 3.63) is 36.0 Å². The lowest BCUT2D eigenvalue weighted by atomic mass is 9.96. The van der Waals surface area contributed by atoms with Crippen LogP contribution in [0.15, 0.2) is 36.0 Å². The third-order valence-corrected chi connectivity index (χ3v) is 3.59. The van der Waals surface area contributed by atoms with Crippen molar-refractivity contribution in [1.82, 2.24) is 4.90 Å². The molecule has 0 saturated carbocycles. The van der Waals surface area contributed by atoms with Crippen molar-refractivity contribution < 1.29 is 9.90 Å². The van der Waals surface area contributed by atoms with Crippen LogP contribution in [0.5, 0.6) is 0 Å². The van der Waals surface area contributed by atoms with Gasteiger partial charge in [-0.3, -0.25) is 9.69 Å². The summed E-state index contributed by atoms with van der Waals surface area (Å²) in [6, 6.07) is 0. The SMILES string of the molecule is C=C/C=C(CN1CCC(C(=O)O)CC1)\C(C)=C/C. The normalized spacial score (nSPS) is 19.9. The summed E-state index contributed by atoms with van der Waals surface area (Å²) in [7, 11) is 0. The zero-order valence-electron chi connectivity index (χ0n) is 11.4. The minimum atomic E-state index is -0.652. The van der Waals surface area contributed by atoms with Crippen molar-refractivity contribution in [1.29, 1.82) is 0 Å². The molecule has 0 bridgehead atoms. The van der Waals surface area contributed by atoms with Crippen LogP contribution in [-0.4, -0.2) is 35.6 Å². The van der Waals surface area contributed by atoms with Gasteiger partial charge in [0, 0.05) is 6.54 Å². The van der Waals surface area contributed by atoms with Crippen LogP contribution in [-0.2, 0) is 4.79 Å². The molecular weight excluding hydrogens is 226 g/mol. The van der Waals surface area contributed by atoms with Crippen molar-refractivity contribution in [2.24, 2.45) is 5.92 Å². The highest BCUT2D eigenvalue weighted by atomic mass is 16.4. The van der Waals surface area contributed by atoms with Crippen molar-refractivity contribution in [2.75, 3.05) is 19.6 Å². The molecule has 0 aromatic heterocycles. The van der Waals surface area contributed by atoms with E-state index in [9.17, 15) is 4.79 Å². The van der Waals surface area contributed by atoms with E-state index in [1.54, 1.807) is 0 Å². The average molecular weight is 249 g/mol. The van der Waals surface area contributed by atoms with Gasteiger partial charge < -0.3 is 5.11 Å². The second-order valence-corrected chi connectivity index (χ2v) is 4.79. The number of hydrogen-bond donors (Lipinski definition) is 1. The molecule has 100 valence electrons. The van der Waals surface area contributed by atoms with Crippen LogP contribution in [0, 0.1) is 5.92 Å². The van der Waals surface area contributed by atoms with Gasteiger partial charge in [0.05, 0.1) is 5.92 Å². The van der Waals surface area contributed by atoms with E-state index in [1.165, 1.54) is 11.1 Å². The Morgan fingerprint density at radius 3 is 2.50 bits per heavy atom. The number of carbonyl (C=O) groups is 1. The van der Waals surface area contributed by atoms with Crippen LogP contribution in [0.2, 0.25) is 0 Å². The monoisotopic (exact) mass is 249 g/mol. The summed E-state index contributed by atoms with van der Waals surface area (Å²) < 4.78 is 0. The Morgan fingerprint density at radius 1 is 1.44 bits per heavy atom. The zero-order chi connectivity index (χ0) is 13.5. The second-order valence-electron chi connectivity index (χ2n) is 4.79. The molecule has 1 fully saturated rings. The molecule has 0 atom stereocenters. The maximum absolute atomic E-state index is 10.9. The van der Waals surface area contributed by atoms with Crippen molar-refractivity contribution in [3.8, 4) is 0 Å². The van der Waals surface area contributed by atoms with E-state index < -0.39 is 5.97 Å². The highest BCUT2D eigenvalue weighted by molar-refractivity contribution is 5.70. The van der Waals surface area contributed by atoms with Crippen LogP contribution in [0.3, 0.4) is 0 Å². The summed E-state index contributed by atoms with van der Waals surface area (Å²) in [6.07, 6.45) is 7.46. The molecule has 0 spiro atoms. The Kier molecular flexibility index (Phi) is 5.86. The Hall–Kier alpha value is -1.35. The van der Waals surface area contributed by atoms with E-state index in [0.717, 1.165) is 32.5 Å². The fourth-order valence-corrected chi connectivity index (χ4v) is 2.22. The number of carboxylic acid groups (broad SMARTS) is 1. The van der Waals surface area contributed by atoms with Crippen molar-refractivity contribution in [2.45, 2.75) is 26.7 Å². The van der Waals surface area contributed by atoms with Crippen LogP contribution in [0.1, 0.15) is 26.7 Å². The van der Waals surface area contributed by atoms with Gasteiger partial charge in [-0.05, 0) is 45.4 Å². The lowest BCUT2D eigenvalue weighted by molar-refractivity contribution is -0.143. The number of aliphatic carboxylic acids is 1. The second kappa shape index (κ2) is 7.17. The third-order valence-electron chi connectivity index (χ3n) is 3.59. The van der Waals surface area contributed by atoms with E-state index in [2.05, 4.69) is 24.5 Å². The van der Waals surface area contributed by atoms with Gasteiger partial charge in [-0.25, -0.2) is 0 Å². The fraction of sp³-hybridized carbons (Fsp3) is 0.533. The molecular formula is C15H23NO2. The number of carboxylic acids is 1. The molecule has 18 heavy (non-hydrogen) atoms. The van der Waals surface area contributed by atoms with Crippen molar-refractivity contribution in [3.63, 3.8) is 0 Å². The summed E-state index contributed by atoms with van der Waals surface area (Å²) in [5.41, 5.74) is 2.52. The first-order valence-corrected chi connectivity index (χ1v) is 6.48. The summed E-state index contributed by atoms with van der Waals surface area (Å²) in [5, 5.41) is 8.96. The Morgan fingerprint density at radius 2 is 2.06 bits per heavy atom. The van der Waals surface area contributed by atoms with Gasteiger partial charge in [0.2, 0.25) is 0 Å². The van der Waals surface area contributed by atoms with Gasteiger partial charge in [-0.1, -0.05) is 30.4 Å². The minimum absolute atomic E-state index is 0.157.